The van der Waals surface area contributed by atoms with Crippen molar-refractivity contribution in [3.8, 4) is 5.75 Å². The second kappa shape index (κ2) is 9.21. The first-order valence-electron chi connectivity index (χ1n) is 8.07. The Balaban J connectivity index is 2.11. The van der Waals surface area contributed by atoms with Crippen LogP contribution in [0.5, 0.6) is 5.75 Å². The third kappa shape index (κ3) is 4.40. The Bertz CT molecular complexity index is 1240. The third-order valence-corrected chi connectivity index (χ3v) is 5.19. The number of halogens is 10. The molecule has 0 unspecified atom stereocenters. The van der Waals surface area contributed by atoms with Gasteiger partial charge in [-0.15, -0.1) is 0 Å². The van der Waals surface area contributed by atoms with Crippen LogP contribution in [0.25, 0.3) is 0 Å². The lowest BCUT2D eigenvalue weighted by Crippen LogP contribution is -2.16. The molecule has 0 aliphatic rings. The Morgan fingerprint density at radius 1 is 0.812 bits per heavy atom. The summed E-state index contributed by atoms with van der Waals surface area (Å²) in [6.45, 7) is 0. The highest BCUT2D eigenvalue weighted by Crippen LogP contribution is 2.35. The molecule has 32 heavy (non-hydrogen) atoms. The van der Waals surface area contributed by atoms with Gasteiger partial charge >= 0.3 is 5.97 Å². The summed E-state index contributed by atoms with van der Waals surface area (Å²) in [5.41, 5.74) is -2.38. The Morgan fingerprint density at radius 2 is 1.38 bits per heavy atom. The van der Waals surface area contributed by atoms with Crippen molar-refractivity contribution in [2.24, 2.45) is 0 Å². The van der Waals surface area contributed by atoms with Crippen LogP contribution >= 0.6 is 38.5 Å². The SMILES string of the molecule is O=C(Oc1c(F)c(F)c(F)c(F)c1F)c1cc(Br)c(F)c(F)c1Nc1ccc(I)cc1F. The first-order chi connectivity index (χ1) is 14.9. The lowest BCUT2D eigenvalue weighted by molar-refractivity contribution is 0.0716. The van der Waals surface area contributed by atoms with Gasteiger partial charge in [0.25, 0.3) is 0 Å². The number of rotatable bonds is 4. The molecule has 3 rings (SSSR count). The van der Waals surface area contributed by atoms with Gasteiger partial charge < -0.3 is 10.1 Å². The number of carbonyl (C=O) groups excluding carboxylic acids is 1. The van der Waals surface area contributed by atoms with Gasteiger partial charge in [0.1, 0.15) is 5.82 Å². The molecule has 3 aromatic carbocycles. The Kier molecular flexibility index (Phi) is 6.97. The van der Waals surface area contributed by atoms with Crippen LogP contribution in [0, 0.1) is 50.1 Å². The van der Waals surface area contributed by atoms with Crippen molar-refractivity contribution in [3.05, 3.63) is 84.4 Å². The standard InChI is InChI=1S/C19H5BrF8INO2/c20-7-4-6(19(31)32-18-15(27)12(24)11(23)13(25)16(18)28)17(14(26)10(7)22)30-9-2-1-5(29)3-8(9)21/h1-4,30H. The smallest absolute Gasteiger partial charge is 0.346 e. The van der Waals surface area contributed by atoms with Gasteiger partial charge in [-0.25, -0.2) is 31.1 Å². The number of anilines is 2. The van der Waals surface area contributed by atoms with Crippen molar-refractivity contribution in [2.45, 2.75) is 0 Å². The zero-order valence-corrected chi connectivity index (χ0v) is 18.6. The fourth-order valence-corrected chi connectivity index (χ4v) is 3.28. The average molecular weight is 638 g/mol. The fraction of sp³-hybridized carbons (Fsp3) is 0. The van der Waals surface area contributed by atoms with E-state index in [0.717, 1.165) is 12.1 Å². The minimum Gasteiger partial charge on any atom is -0.416 e. The van der Waals surface area contributed by atoms with Crippen LogP contribution in [-0.2, 0) is 0 Å². The van der Waals surface area contributed by atoms with E-state index in [9.17, 15) is 39.9 Å². The van der Waals surface area contributed by atoms with Gasteiger partial charge in [0, 0.05) is 3.57 Å². The molecule has 0 bridgehead atoms. The molecule has 0 spiro atoms. The molecule has 0 saturated heterocycles. The molecular weight excluding hydrogens is 633 g/mol. The number of hydrogen-bond acceptors (Lipinski definition) is 3. The van der Waals surface area contributed by atoms with E-state index in [1.54, 1.807) is 22.6 Å². The summed E-state index contributed by atoms with van der Waals surface area (Å²) in [6, 6.07) is 4.13. The maximum Gasteiger partial charge on any atom is 0.346 e. The molecule has 0 aromatic heterocycles. The topological polar surface area (TPSA) is 38.3 Å². The van der Waals surface area contributed by atoms with Gasteiger partial charge in [-0.3, -0.25) is 0 Å². The van der Waals surface area contributed by atoms with Gasteiger partial charge in [0.2, 0.25) is 34.8 Å². The van der Waals surface area contributed by atoms with E-state index in [4.69, 9.17) is 0 Å². The summed E-state index contributed by atoms with van der Waals surface area (Å²) in [6.07, 6.45) is 0. The maximum atomic E-state index is 14.5. The molecule has 3 aromatic rings. The molecule has 0 amide bonds. The van der Waals surface area contributed by atoms with Crippen molar-refractivity contribution in [2.75, 3.05) is 5.32 Å². The molecule has 0 fully saturated rings. The van der Waals surface area contributed by atoms with Gasteiger partial charge in [0.05, 0.1) is 21.4 Å². The minimum absolute atomic E-state index is 0.420. The zero-order chi connectivity index (χ0) is 23.9. The number of hydrogen-bond donors (Lipinski definition) is 1. The quantitative estimate of drug-likeness (QED) is 0.0826. The summed E-state index contributed by atoms with van der Waals surface area (Å²) in [4.78, 5) is 12.5. The predicted octanol–water partition coefficient (Wildman–Crippen LogP) is 7.13. The summed E-state index contributed by atoms with van der Waals surface area (Å²) in [5.74, 6) is -20.2. The zero-order valence-electron chi connectivity index (χ0n) is 14.9. The molecule has 0 aliphatic carbocycles. The predicted molar refractivity (Wildman–Crippen MR) is 108 cm³/mol. The van der Waals surface area contributed by atoms with Crippen LogP contribution in [0.15, 0.2) is 28.7 Å². The Labute approximate surface area is 195 Å². The molecule has 3 nitrogen and oxygen atoms in total. The number of esters is 1. The number of carbonyl (C=O) groups is 1. The van der Waals surface area contributed by atoms with E-state index >= 15 is 0 Å². The van der Waals surface area contributed by atoms with Crippen LogP contribution in [0.4, 0.5) is 46.5 Å². The van der Waals surface area contributed by atoms with Crippen LogP contribution in [-0.4, -0.2) is 5.97 Å². The van der Waals surface area contributed by atoms with Crippen molar-refractivity contribution in [3.63, 3.8) is 0 Å². The van der Waals surface area contributed by atoms with E-state index in [2.05, 4.69) is 26.0 Å². The van der Waals surface area contributed by atoms with E-state index in [-0.39, 0.29) is 0 Å². The second-order valence-corrected chi connectivity index (χ2v) is 8.05. The molecule has 168 valence electrons. The molecule has 0 radical (unpaired) electrons. The lowest BCUT2D eigenvalue weighted by Gasteiger charge is -2.15. The van der Waals surface area contributed by atoms with Crippen molar-refractivity contribution >= 4 is 55.9 Å². The van der Waals surface area contributed by atoms with Gasteiger partial charge in [-0.05, 0) is 62.8 Å². The van der Waals surface area contributed by atoms with E-state index in [1.807, 2.05) is 0 Å². The van der Waals surface area contributed by atoms with Crippen LogP contribution in [0.3, 0.4) is 0 Å². The molecule has 0 atom stereocenters. The van der Waals surface area contributed by atoms with Crippen molar-refractivity contribution in [1.29, 1.82) is 0 Å². The normalized spacial score (nSPS) is 10.9. The van der Waals surface area contributed by atoms with Crippen molar-refractivity contribution < 1.29 is 44.7 Å². The van der Waals surface area contributed by atoms with E-state index < -0.39 is 79.7 Å². The summed E-state index contributed by atoms with van der Waals surface area (Å²) < 4.78 is 114. The highest BCUT2D eigenvalue weighted by molar-refractivity contribution is 14.1. The van der Waals surface area contributed by atoms with Gasteiger partial charge in [-0.1, -0.05) is 0 Å². The van der Waals surface area contributed by atoms with Gasteiger partial charge in [0.15, 0.2) is 11.6 Å². The number of benzene rings is 3. The second-order valence-electron chi connectivity index (χ2n) is 5.95. The molecule has 0 heterocycles. The molecule has 0 saturated carbocycles. The minimum atomic E-state index is -2.49. The molecule has 1 N–H and O–H groups in total. The molecule has 13 heteroatoms. The highest BCUT2D eigenvalue weighted by Gasteiger charge is 2.31. The fourth-order valence-electron chi connectivity index (χ4n) is 2.43. The van der Waals surface area contributed by atoms with Crippen LogP contribution < -0.4 is 10.1 Å². The van der Waals surface area contributed by atoms with E-state index in [1.165, 1.54) is 6.07 Å². The molecule has 0 aliphatic heterocycles. The van der Waals surface area contributed by atoms with Crippen molar-refractivity contribution in [1.82, 2.24) is 0 Å². The monoisotopic (exact) mass is 637 g/mol. The van der Waals surface area contributed by atoms with E-state index in [0.29, 0.717) is 9.64 Å². The Morgan fingerprint density at radius 3 is 1.94 bits per heavy atom. The average Bonchev–Trinajstić information content (AvgIpc) is 2.75. The number of ether oxygens (including phenoxy) is 1. The largest absolute Gasteiger partial charge is 0.416 e. The third-order valence-electron chi connectivity index (χ3n) is 3.94. The van der Waals surface area contributed by atoms with Crippen LogP contribution in [0.2, 0.25) is 0 Å². The van der Waals surface area contributed by atoms with Gasteiger partial charge in [-0.2, -0.15) is 8.78 Å². The van der Waals surface area contributed by atoms with Crippen LogP contribution in [0.1, 0.15) is 10.4 Å². The summed E-state index contributed by atoms with van der Waals surface area (Å²) >= 11 is 4.38. The number of nitrogens with one attached hydrogen (secondary N) is 1. The Hall–Kier alpha value is -2.42. The summed E-state index contributed by atoms with van der Waals surface area (Å²) in [5, 5.41) is 2.12. The summed E-state index contributed by atoms with van der Waals surface area (Å²) in [7, 11) is 0. The first kappa shape index (κ1) is 24.2. The highest BCUT2D eigenvalue weighted by atomic mass is 127. The lowest BCUT2D eigenvalue weighted by atomic mass is 10.1. The molecular formula is C19H5BrF8INO2. The maximum absolute atomic E-state index is 14.5. The first-order valence-corrected chi connectivity index (χ1v) is 9.94.